The van der Waals surface area contributed by atoms with Gasteiger partial charge in [0.1, 0.15) is 0 Å². The molecule has 2 rings (SSSR count). The maximum absolute atomic E-state index is 11.1. The Balaban J connectivity index is 2.40. The summed E-state index contributed by atoms with van der Waals surface area (Å²) < 4.78 is 0. The van der Waals surface area contributed by atoms with Crippen LogP contribution in [0.15, 0.2) is 46.5 Å². The van der Waals surface area contributed by atoms with Gasteiger partial charge in [-0.3, -0.25) is 4.98 Å². The van der Waals surface area contributed by atoms with Crippen LogP contribution in [0.5, 0.6) is 0 Å². The summed E-state index contributed by atoms with van der Waals surface area (Å²) in [7, 11) is 0. The summed E-state index contributed by atoms with van der Waals surface area (Å²) in [4.78, 5) is 16.2. The molecule has 2 aromatic rings. The minimum atomic E-state index is -1.00. The van der Waals surface area contributed by atoms with Crippen molar-refractivity contribution in [3.63, 3.8) is 0 Å². The first-order valence-electron chi connectivity index (χ1n) is 4.88. The maximum Gasteiger partial charge on any atom is 0.336 e. The number of carboxylic acid groups (broad SMARTS) is 1. The number of aromatic nitrogens is 1. The molecule has 6 heteroatoms. The van der Waals surface area contributed by atoms with Crippen LogP contribution in [0, 0.1) is 0 Å². The highest BCUT2D eigenvalue weighted by molar-refractivity contribution is 7.99. The highest BCUT2D eigenvalue weighted by Gasteiger charge is 2.12. The van der Waals surface area contributed by atoms with E-state index in [1.54, 1.807) is 18.2 Å². The predicted octanol–water partition coefficient (Wildman–Crippen LogP) is 4.24. The zero-order valence-electron chi connectivity index (χ0n) is 8.93. The molecule has 3 nitrogen and oxygen atoms in total. The number of benzene rings is 1. The van der Waals surface area contributed by atoms with E-state index in [1.165, 1.54) is 30.2 Å². The monoisotopic (exact) mass is 299 g/mol. The quantitative estimate of drug-likeness (QED) is 0.921. The molecule has 0 fully saturated rings. The minimum Gasteiger partial charge on any atom is -0.478 e. The smallest absolute Gasteiger partial charge is 0.336 e. The highest BCUT2D eigenvalue weighted by atomic mass is 35.5. The lowest BCUT2D eigenvalue weighted by Gasteiger charge is -2.06. The summed E-state index contributed by atoms with van der Waals surface area (Å²) >= 11 is 13.1. The molecule has 0 aliphatic rings. The van der Waals surface area contributed by atoms with Crippen LogP contribution >= 0.6 is 35.0 Å². The topological polar surface area (TPSA) is 50.2 Å². The first-order valence-corrected chi connectivity index (χ1v) is 6.45. The van der Waals surface area contributed by atoms with E-state index in [2.05, 4.69) is 4.98 Å². The molecule has 1 N–H and O–H groups in total. The van der Waals surface area contributed by atoms with E-state index in [1.807, 2.05) is 0 Å². The van der Waals surface area contributed by atoms with E-state index in [0.29, 0.717) is 19.8 Å². The van der Waals surface area contributed by atoms with Crippen molar-refractivity contribution in [3.8, 4) is 0 Å². The Kier molecular flexibility index (Phi) is 4.11. The summed E-state index contributed by atoms with van der Waals surface area (Å²) in [5.74, 6) is -1.00. The van der Waals surface area contributed by atoms with Crippen molar-refractivity contribution in [1.29, 1.82) is 0 Å². The first kappa shape index (κ1) is 13.2. The van der Waals surface area contributed by atoms with E-state index < -0.39 is 5.97 Å². The van der Waals surface area contributed by atoms with E-state index in [4.69, 9.17) is 28.3 Å². The average molecular weight is 300 g/mol. The SMILES string of the molecule is O=C(O)c1ccncc1Sc1cc(Cl)ccc1Cl. The van der Waals surface area contributed by atoms with Crippen molar-refractivity contribution in [2.75, 3.05) is 0 Å². The van der Waals surface area contributed by atoms with E-state index in [-0.39, 0.29) is 5.56 Å². The molecule has 0 atom stereocenters. The van der Waals surface area contributed by atoms with Crippen LogP contribution in [0.2, 0.25) is 10.0 Å². The minimum absolute atomic E-state index is 0.186. The third-order valence-electron chi connectivity index (χ3n) is 2.13. The Labute approximate surface area is 118 Å². The van der Waals surface area contributed by atoms with Gasteiger partial charge in [0.2, 0.25) is 0 Å². The van der Waals surface area contributed by atoms with Gasteiger partial charge >= 0.3 is 5.97 Å². The van der Waals surface area contributed by atoms with Crippen LogP contribution in [-0.4, -0.2) is 16.1 Å². The molecule has 0 saturated carbocycles. The van der Waals surface area contributed by atoms with Gasteiger partial charge in [-0.15, -0.1) is 0 Å². The number of pyridine rings is 1. The van der Waals surface area contributed by atoms with Crippen LogP contribution in [0.4, 0.5) is 0 Å². The van der Waals surface area contributed by atoms with Gasteiger partial charge in [0.05, 0.1) is 10.6 Å². The van der Waals surface area contributed by atoms with Gasteiger partial charge in [0.25, 0.3) is 0 Å². The molecule has 1 aromatic heterocycles. The number of nitrogens with zero attached hydrogens (tertiary/aromatic N) is 1. The van der Waals surface area contributed by atoms with Crippen molar-refractivity contribution >= 4 is 40.9 Å². The van der Waals surface area contributed by atoms with Crippen LogP contribution in [0.3, 0.4) is 0 Å². The molecule has 1 heterocycles. The van der Waals surface area contributed by atoms with Crippen molar-refractivity contribution in [1.82, 2.24) is 4.98 Å². The van der Waals surface area contributed by atoms with Crippen molar-refractivity contribution in [3.05, 3.63) is 52.3 Å². The Morgan fingerprint density at radius 1 is 1.22 bits per heavy atom. The van der Waals surface area contributed by atoms with Crippen LogP contribution in [0.25, 0.3) is 0 Å². The van der Waals surface area contributed by atoms with Gasteiger partial charge in [-0.1, -0.05) is 35.0 Å². The number of hydrogen-bond acceptors (Lipinski definition) is 3. The summed E-state index contributed by atoms with van der Waals surface area (Å²) in [6, 6.07) is 6.48. The van der Waals surface area contributed by atoms with Crippen LogP contribution in [-0.2, 0) is 0 Å². The molecule has 0 aliphatic carbocycles. The molecule has 18 heavy (non-hydrogen) atoms. The van der Waals surface area contributed by atoms with E-state index in [9.17, 15) is 4.79 Å². The third-order valence-corrected chi connectivity index (χ3v) is 3.91. The van der Waals surface area contributed by atoms with Gasteiger partial charge in [0, 0.05) is 27.2 Å². The van der Waals surface area contributed by atoms with Gasteiger partial charge in [-0.2, -0.15) is 0 Å². The number of halogens is 2. The number of aromatic carboxylic acids is 1. The Morgan fingerprint density at radius 3 is 2.72 bits per heavy atom. The summed E-state index contributed by atoms with van der Waals surface area (Å²) in [5, 5.41) is 10.1. The summed E-state index contributed by atoms with van der Waals surface area (Å²) in [6.07, 6.45) is 2.93. The predicted molar refractivity (Wildman–Crippen MR) is 71.8 cm³/mol. The highest BCUT2D eigenvalue weighted by Crippen LogP contribution is 2.36. The lowest BCUT2D eigenvalue weighted by molar-refractivity contribution is 0.0693. The molecule has 0 bridgehead atoms. The Hall–Kier alpha value is -1.23. The third kappa shape index (κ3) is 2.96. The van der Waals surface area contributed by atoms with Gasteiger partial charge in [-0.05, 0) is 24.3 Å². The lowest BCUT2D eigenvalue weighted by Crippen LogP contribution is -1.98. The van der Waals surface area contributed by atoms with E-state index in [0.717, 1.165) is 0 Å². The number of hydrogen-bond donors (Lipinski definition) is 1. The summed E-state index contributed by atoms with van der Waals surface area (Å²) in [6.45, 7) is 0. The van der Waals surface area contributed by atoms with Crippen LogP contribution in [0.1, 0.15) is 10.4 Å². The van der Waals surface area contributed by atoms with E-state index >= 15 is 0 Å². The zero-order chi connectivity index (χ0) is 13.1. The van der Waals surface area contributed by atoms with Gasteiger partial charge < -0.3 is 5.11 Å². The molecular weight excluding hydrogens is 293 g/mol. The molecule has 0 spiro atoms. The second-order valence-corrected chi connectivity index (χ2v) is 5.28. The fourth-order valence-corrected chi connectivity index (χ4v) is 2.75. The molecule has 92 valence electrons. The number of rotatable bonds is 3. The molecule has 0 unspecified atom stereocenters. The molecule has 1 aromatic carbocycles. The standard InChI is InChI=1S/C12H7Cl2NO2S/c13-7-1-2-9(14)10(5-7)18-11-6-15-4-3-8(11)12(16)17/h1-6H,(H,16,17). The zero-order valence-corrected chi connectivity index (χ0v) is 11.3. The second-order valence-electron chi connectivity index (χ2n) is 3.35. The van der Waals surface area contributed by atoms with Crippen molar-refractivity contribution in [2.45, 2.75) is 9.79 Å². The fraction of sp³-hybridized carbons (Fsp3) is 0. The van der Waals surface area contributed by atoms with Gasteiger partial charge in [0.15, 0.2) is 0 Å². The molecule has 0 radical (unpaired) electrons. The average Bonchev–Trinajstić information content (AvgIpc) is 2.34. The molecule has 0 saturated heterocycles. The molecule has 0 aliphatic heterocycles. The normalized spacial score (nSPS) is 10.3. The van der Waals surface area contributed by atoms with Gasteiger partial charge in [-0.25, -0.2) is 4.79 Å². The number of carboxylic acids is 1. The molecule has 0 amide bonds. The molecular formula is C12H7Cl2NO2S. The fourth-order valence-electron chi connectivity index (χ4n) is 1.31. The summed E-state index contributed by atoms with van der Waals surface area (Å²) in [5.41, 5.74) is 0.186. The number of carbonyl (C=O) groups is 1. The lowest BCUT2D eigenvalue weighted by atomic mass is 10.3. The van der Waals surface area contributed by atoms with Crippen molar-refractivity contribution in [2.24, 2.45) is 0 Å². The first-order chi connectivity index (χ1) is 8.58. The Morgan fingerprint density at radius 2 is 2.00 bits per heavy atom. The largest absolute Gasteiger partial charge is 0.478 e. The Bertz CT molecular complexity index is 604. The maximum atomic E-state index is 11.1. The van der Waals surface area contributed by atoms with Crippen molar-refractivity contribution < 1.29 is 9.90 Å². The second kappa shape index (κ2) is 5.61. The van der Waals surface area contributed by atoms with Crippen LogP contribution < -0.4 is 0 Å².